The number of amides is 2. The molecule has 144 valence electrons. The highest BCUT2D eigenvalue weighted by atomic mass is 16.6. The fraction of sp³-hybridized carbons (Fsp3) is 0.824. The lowest BCUT2D eigenvalue weighted by molar-refractivity contribution is -0.144. The van der Waals surface area contributed by atoms with Gasteiger partial charge in [0, 0.05) is 20.4 Å². The lowest BCUT2D eigenvalue weighted by Gasteiger charge is -2.33. The zero-order valence-electron chi connectivity index (χ0n) is 15.8. The fourth-order valence-corrected chi connectivity index (χ4v) is 2.46. The van der Waals surface area contributed by atoms with Crippen LogP contribution in [-0.4, -0.2) is 66.9 Å². The van der Waals surface area contributed by atoms with Gasteiger partial charge in [-0.3, -0.25) is 9.59 Å². The first kappa shape index (κ1) is 21.2. The third kappa shape index (κ3) is 9.28. The van der Waals surface area contributed by atoms with Gasteiger partial charge in [-0.15, -0.1) is 0 Å². The second-order valence-corrected chi connectivity index (χ2v) is 7.18. The first-order valence-electron chi connectivity index (χ1n) is 8.57. The number of carbonyl (C=O) groups is 3. The van der Waals surface area contributed by atoms with Crippen molar-refractivity contribution < 1.29 is 28.6 Å². The van der Waals surface area contributed by atoms with Gasteiger partial charge in [-0.2, -0.15) is 0 Å². The van der Waals surface area contributed by atoms with Crippen molar-refractivity contribution in [3.63, 3.8) is 0 Å². The minimum Gasteiger partial charge on any atom is -0.464 e. The van der Waals surface area contributed by atoms with Crippen LogP contribution in [0.4, 0.5) is 4.79 Å². The van der Waals surface area contributed by atoms with E-state index < -0.39 is 11.7 Å². The van der Waals surface area contributed by atoms with Crippen molar-refractivity contribution in [2.24, 2.45) is 0 Å². The minimum atomic E-state index is -0.536. The summed E-state index contributed by atoms with van der Waals surface area (Å²) in [6.45, 7) is 9.57. The molecule has 0 saturated carbocycles. The van der Waals surface area contributed by atoms with E-state index in [1.165, 1.54) is 13.8 Å². The Kier molecular flexibility index (Phi) is 8.15. The zero-order chi connectivity index (χ0) is 19.0. The maximum Gasteiger partial charge on any atom is 0.407 e. The summed E-state index contributed by atoms with van der Waals surface area (Å²) in [5.74, 6) is -0.460. The second-order valence-electron chi connectivity index (χ2n) is 7.18. The molecule has 0 radical (unpaired) electrons. The third-order valence-corrected chi connectivity index (χ3v) is 3.63. The Morgan fingerprint density at radius 3 is 2.36 bits per heavy atom. The summed E-state index contributed by atoms with van der Waals surface area (Å²) < 4.78 is 15.9. The Labute approximate surface area is 149 Å². The number of carbonyl (C=O) groups excluding carboxylic acids is 3. The Morgan fingerprint density at radius 1 is 1.20 bits per heavy atom. The fourth-order valence-electron chi connectivity index (χ4n) is 2.46. The standard InChI is InChI=1S/C17H30N2O6/c1-12(20)19(8-9-23-13(2)21)10-15-7-6-14(11-24-15)18-16(22)25-17(3,4)5/h14-15H,6-11H2,1-5H3,(H,18,22)/t14-,15+/m1/s1. The minimum absolute atomic E-state index is 0.0928. The van der Waals surface area contributed by atoms with Crippen molar-refractivity contribution in [2.75, 3.05) is 26.3 Å². The number of hydrogen-bond donors (Lipinski definition) is 1. The lowest BCUT2D eigenvalue weighted by Crippen LogP contribution is -2.47. The van der Waals surface area contributed by atoms with Crippen molar-refractivity contribution in [3.05, 3.63) is 0 Å². The predicted octanol–water partition coefficient (Wildman–Crippen LogP) is 1.47. The average Bonchev–Trinajstić information content (AvgIpc) is 2.45. The van der Waals surface area contributed by atoms with Crippen LogP contribution in [0, 0.1) is 0 Å². The smallest absolute Gasteiger partial charge is 0.407 e. The van der Waals surface area contributed by atoms with Crippen molar-refractivity contribution in [1.82, 2.24) is 10.2 Å². The highest BCUT2D eigenvalue weighted by Gasteiger charge is 2.27. The van der Waals surface area contributed by atoms with E-state index >= 15 is 0 Å². The highest BCUT2D eigenvalue weighted by molar-refractivity contribution is 5.73. The number of nitrogens with one attached hydrogen (secondary N) is 1. The van der Waals surface area contributed by atoms with Crippen molar-refractivity contribution in [1.29, 1.82) is 0 Å². The van der Waals surface area contributed by atoms with Gasteiger partial charge in [-0.05, 0) is 33.6 Å². The summed E-state index contributed by atoms with van der Waals surface area (Å²) in [6.07, 6.45) is 0.918. The summed E-state index contributed by atoms with van der Waals surface area (Å²) >= 11 is 0. The van der Waals surface area contributed by atoms with Gasteiger partial charge >= 0.3 is 12.1 Å². The van der Waals surface area contributed by atoms with Gasteiger partial charge in [-0.1, -0.05) is 0 Å². The summed E-state index contributed by atoms with van der Waals surface area (Å²) in [4.78, 5) is 35.9. The van der Waals surface area contributed by atoms with Crippen LogP contribution in [0.1, 0.15) is 47.5 Å². The van der Waals surface area contributed by atoms with Crippen LogP contribution in [0.5, 0.6) is 0 Å². The van der Waals surface area contributed by atoms with Gasteiger partial charge in [0.15, 0.2) is 0 Å². The molecule has 0 spiro atoms. The SMILES string of the molecule is CC(=O)OCCN(C[C@@H]1CC[C@@H](NC(=O)OC(C)(C)C)CO1)C(C)=O. The zero-order valence-corrected chi connectivity index (χ0v) is 15.8. The number of ether oxygens (including phenoxy) is 3. The van der Waals surface area contributed by atoms with E-state index in [0.717, 1.165) is 12.8 Å². The molecular formula is C17H30N2O6. The number of esters is 1. The van der Waals surface area contributed by atoms with E-state index in [4.69, 9.17) is 14.2 Å². The first-order chi connectivity index (χ1) is 11.6. The topological polar surface area (TPSA) is 94.2 Å². The molecule has 1 aliphatic heterocycles. The number of rotatable bonds is 6. The lowest BCUT2D eigenvalue weighted by atomic mass is 10.0. The Morgan fingerprint density at radius 2 is 1.88 bits per heavy atom. The van der Waals surface area contributed by atoms with Gasteiger partial charge in [-0.25, -0.2) is 4.79 Å². The molecule has 1 rings (SSSR count). The monoisotopic (exact) mass is 358 g/mol. The van der Waals surface area contributed by atoms with Crippen LogP contribution in [0.2, 0.25) is 0 Å². The highest BCUT2D eigenvalue weighted by Crippen LogP contribution is 2.16. The van der Waals surface area contributed by atoms with E-state index in [1.54, 1.807) is 4.90 Å². The Balaban J connectivity index is 2.35. The average molecular weight is 358 g/mol. The molecule has 0 aromatic heterocycles. The molecule has 1 fully saturated rings. The quantitative estimate of drug-likeness (QED) is 0.723. The van der Waals surface area contributed by atoms with E-state index in [2.05, 4.69) is 5.32 Å². The van der Waals surface area contributed by atoms with Crippen molar-refractivity contribution >= 4 is 18.0 Å². The van der Waals surface area contributed by atoms with E-state index in [9.17, 15) is 14.4 Å². The summed E-state index contributed by atoms with van der Waals surface area (Å²) in [5, 5.41) is 2.79. The molecule has 0 aromatic carbocycles. The van der Waals surface area contributed by atoms with Gasteiger partial charge in [0.1, 0.15) is 12.2 Å². The third-order valence-electron chi connectivity index (χ3n) is 3.63. The van der Waals surface area contributed by atoms with Crippen molar-refractivity contribution in [2.45, 2.75) is 65.2 Å². The van der Waals surface area contributed by atoms with Gasteiger partial charge < -0.3 is 24.4 Å². The molecule has 1 heterocycles. The first-order valence-corrected chi connectivity index (χ1v) is 8.57. The predicted molar refractivity (Wildman–Crippen MR) is 91.0 cm³/mol. The maximum absolute atomic E-state index is 11.8. The van der Waals surface area contributed by atoms with Crippen LogP contribution in [0.3, 0.4) is 0 Å². The molecular weight excluding hydrogens is 328 g/mol. The molecule has 8 heteroatoms. The van der Waals surface area contributed by atoms with Crippen LogP contribution < -0.4 is 5.32 Å². The van der Waals surface area contributed by atoms with Crippen LogP contribution in [0.15, 0.2) is 0 Å². The van der Waals surface area contributed by atoms with E-state index in [1.807, 2.05) is 20.8 Å². The molecule has 2 atom stereocenters. The Bertz CT molecular complexity index is 466. The van der Waals surface area contributed by atoms with Crippen LogP contribution in [0.25, 0.3) is 0 Å². The largest absolute Gasteiger partial charge is 0.464 e. The molecule has 1 N–H and O–H groups in total. The second kappa shape index (κ2) is 9.60. The van der Waals surface area contributed by atoms with Gasteiger partial charge in [0.2, 0.25) is 5.91 Å². The van der Waals surface area contributed by atoms with Gasteiger partial charge in [0.05, 0.1) is 25.3 Å². The Hall–Kier alpha value is -1.83. The molecule has 8 nitrogen and oxygen atoms in total. The molecule has 0 aromatic rings. The maximum atomic E-state index is 11.8. The molecule has 1 saturated heterocycles. The van der Waals surface area contributed by atoms with Crippen LogP contribution >= 0.6 is 0 Å². The number of hydrogen-bond acceptors (Lipinski definition) is 6. The normalized spacial score (nSPS) is 20.5. The van der Waals surface area contributed by atoms with Crippen LogP contribution in [-0.2, 0) is 23.8 Å². The molecule has 0 aliphatic carbocycles. The molecule has 0 bridgehead atoms. The van der Waals surface area contributed by atoms with E-state index in [-0.39, 0.29) is 30.6 Å². The summed E-state index contributed by atoms with van der Waals surface area (Å²) in [7, 11) is 0. The number of alkyl carbamates (subject to hydrolysis) is 1. The van der Waals surface area contributed by atoms with E-state index in [0.29, 0.717) is 19.7 Å². The summed E-state index contributed by atoms with van der Waals surface area (Å²) in [6, 6.07) is -0.0991. The molecule has 1 aliphatic rings. The molecule has 2 amide bonds. The molecule has 25 heavy (non-hydrogen) atoms. The number of nitrogens with zero attached hydrogens (tertiary/aromatic N) is 1. The molecule has 0 unspecified atom stereocenters. The van der Waals surface area contributed by atoms with Gasteiger partial charge in [0.25, 0.3) is 0 Å². The van der Waals surface area contributed by atoms with Crippen molar-refractivity contribution in [3.8, 4) is 0 Å². The summed E-state index contributed by atoms with van der Waals surface area (Å²) in [5.41, 5.74) is -0.536.